The van der Waals surface area contributed by atoms with Crippen LogP contribution in [0.25, 0.3) is 0 Å². The summed E-state index contributed by atoms with van der Waals surface area (Å²) in [7, 11) is 0. The van der Waals surface area contributed by atoms with Crippen molar-refractivity contribution in [1.82, 2.24) is 10.1 Å². The lowest BCUT2D eigenvalue weighted by Crippen LogP contribution is -2.40. The van der Waals surface area contributed by atoms with Crippen LogP contribution >= 0.6 is 0 Å². The fourth-order valence-electron chi connectivity index (χ4n) is 2.99. The fourth-order valence-corrected chi connectivity index (χ4v) is 2.99. The molecule has 2 aromatic rings. The molecule has 0 N–H and O–H groups in total. The zero-order chi connectivity index (χ0) is 17.1. The second-order valence-corrected chi connectivity index (χ2v) is 5.96. The highest BCUT2D eigenvalue weighted by molar-refractivity contribution is 5.81. The molecule has 1 aliphatic heterocycles. The Morgan fingerprint density at radius 2 is 2.33 bits per heavy atom. The largest absolute Gasteiger partial charge is 0.481 e. The van der Waals surface area contributed by atoms with Crippen molar-refractivity contribution in [3.63, 3.8) is 0 Å². The number of nitrogens with zero attached hydrogens (tertiary/aromatic N) is 3. The third kappa shape index (κ3) is 3.25. The van der Waals surface area contributed by atoms with Gasteiger partial charge in [-0.3, -0.25) is 4.79 Å². The Labute approximate surface area is 140 Å². The highest BCUT2D eigenvalue weighted by Gasteiger charge is 2.35. The van der Waals surface area contributed by atoms with Crippen molar-refractivity contribution in [3.8, 4) is 11.8 Å². The number of amides is 1. The standard InChI is InChI=1S/C18H19N3O3/c1-12-9-17(24-20-12)16-7-4-8-21(16)18(22)13(2)23-15-6-3-5-14(10-15)11-19/h3,5-6,9-10,13,16H,4,7-8H2,1-2H3/t13-,16-/m0/s1. The normalized spacial score (nSPS) is 18.2. The van der Waals surface area contributed by atoms with Crippen molar-refractivity contribution >= 4 is 5.91 Å². The zero-order valence-electron chi connectivity index (χ0n) is 13.7. The Kier molecular flexibility index (Phi) is 4.52. The lowest BCUT2D eigenvalue weighted by molar-refractivity contribution is -0.139. The van der Waals surface area contributed by atoms with Crippen LogP contribution in [0.2, 0.25) is 0 Å². The Bertz CT molecular complexity index is 778. The number of hydrogen-bond donors (Lipinski definition) is 0. The third-order valence-corrected chi connectivity index (χ3v) is 4.13. The number of aryl methyl sites for hydroxylation is 1. The molecular weight excluding hydrogens is 306 g/mol. The predicted molar refractivity (Wildman–Crippen MR) is 86.2 cm³/mol. The van der Waals surface area contributed by atoms with Gasteiger partial charge in [0.15, 0.2) is 11.9 Å². The van der Waals surface area contributed by atoms with E-state index >= 15 is 0 Å². The molecule has 0 aliphatic carbocycles. The molecule has 1 aromatic carbocycles. The fraction of sp³-hybridized carbons (Fsp3) is 0.389. The number of likely N-dealkylation sites (tertiary alicyclic amines) is 1. The number of rotatable bonds is 4. The molecule has 6 nitrogen and oxygen atoms in total. The predicted octanol–water partition coefficient (Wildman–Crippen LogP) is 2.99. The zero-order valence-corrected chi connectivity index (χ0v) is 13.7. The number of carbonyl (C=O) groups is 1. The van der Waals surface area contributed by atoms with Crippen LogP contribution in [0.15, 0.2) is 34.9 Å². The maximum Gasteiger partial charge on any atom is 0.263 e. The van der Waals surface area contributed by atoms with Crippen LogP contribution in [0.1, 0.15) is 42.8 Å². The number of benzene rings is 1. The minimum atomic E-state index is -0.636. The molecule has 6 heteroatoms. The molecule has 1 aromatic heterocycles. The van der Waals surface area contributed by atoms with Crippen molar-refractivity contribution in [1.29, 1.82) is 5.26 Å². The minimum absolute atomic E-state index is 0.0878. The van der Waals surface area contributed by atoms with Crippen LogP contribution in [-0.4, -0.2) is 28.6 Å². The first-order valence-corrected chi connectivity index (χ1v) is 7.99. The smallest absolute Gasteiger partial charge is 0.263 e. The van der Waals surface area contributed by atoms with E-state index in [-0.39, 0.29) is 11.9 Å². The second kappa shape index (κ2) is 6.75. The molecular formula is C18H19N3O3. The molecule has 0 spiro atoms. The molecule has 0 saturated carbocycles. The van der Waals surface area contributed by atoms with E-state index in [9.17, 15) is 4.79 Å². The van der Waals surface area contributed by atoms with E-state index in [1.54, 1.807) is 36.1 Å². The summed E-state index contributed by atoms with van der Waals surface area (Å²) in [5.74, 6) is 1.15. The lowest BCUT2D eigenvalue weighted by atomic mass is 10.1. The average Bonchev–Trinajstić information content (AvgIpc) is 3.22. The molecule has 2 atom stereocenters. The minimum Gasteiger partial charge on any atom is -0.481 e. The monoisotopic (exact) mass is 325 g/mol. The van der Waals surface area contributed by atoms with Crippen molar-refractivity contribution in [2.75, 3.05) is 6.54 Å². The van der Waals surface area contributed by atoms with Gasteiger partial charge in [-0.2, -0.15) is 5.26 Å². The molecule has 24 heavy (non-hydrogen) atoms. The SMILES string of the molecule is Cc1cc([C@@H]2CCCN2C(=O)[C@H](C)Oc2cccc(C#N)c2)on1. The molecule has 1 saturated heterocycles. The maximum atomic E-state index is 12.8. The summed E-state index contributed by atoms with van der Waals surface area (Å²) in [5, 5.41) is 12.9. The van der Waals surface area contributed by atoms with E-state index in [4.69, 9.17) is 14.5 Å². The van der Waals surface area contributed by atoms with Crippen LogP contribution in [0.3, 0.4) is 0 Å². The number of carbonyl (C=O) groups excluding carboxylic acids is 1. The molecule has 0 unspecified atom stereocenters. The number of ether oxygens (including phenoxy) is 1. The molecule has 1 amide bonds. The highest BCUT2D eigenvalue weighted by atomic mass is 16.5. The summed E-state index contributed by atoms with van der Waals surface area (Å²) in [4.78, 5) is 14.6. The summed E-state index contributed by atoms with van der Waals surface area (Å²) in [6.45, 7) is 4.26. The summed E-state index contributed by atoms with van der Waals surface area (Å²) in [5.41, 5.74) is 1.31. The Morgan fingerprint density at radius 3 is 3.04 bits per heavy atom. The van der Waals surface area contributed by atoms with Crippen molar-refractivity contribution in [3.05, 3.63) is 47.3 Å². The van der Waals surface area contributed by atoms with Gasteiger partial charge in [0.2, 0.25) is 0 Å². The van der Waals surface area contributed by atoms with E-state index in [0.717, 1.165) is 24.3 Å². The van der Waals surface area contributed by atoms with Crippen LogP contribution in [-0.2, 0) is 4.79 Å². The van der Waals surface area contributed by atoms with Crippen LogP contribution in [0, 0.1) is 18.3 Å². The van der Waals surface area contributed by atoms with Crippen molar-refractivity contribution < 1.29 is 14.1 Å². The molecule has 0 bridgehead atoms. The average molecular weight is 325 g/mol. The summed E-state index contributed by atoms with van der Waals surface area (Å²) >= 11 is 0. The first-order chi connectivity index (χ1) is 11.6. The third-order valence-electron chi connectivity index (χ3n) is 4.13. The molecule has 124 valence electrons. The highest BCUT2D eigenvalue weighted by Crippen LogP contribution is 2.33. The van der Waals surface area contributed by atoms with E-state index in [1.807, 2.05) is 13.0 Å². The topological polar surface area (TPSA) is 79.4 Å². The molecule has 3 rings (SSSR count). The quantitative estimate of drug-likeness (QED) is 0.863. The lowest BCUT2D eigenvalue weighted by Gasteiger charge is -2.26. The van der Waals surface area contributed by atoms with Crippen molar-refractivity contribution in [2.45, 2.75) is 38.8 Å². The van der Waals surface area contributed by atoms with E-state index < -0.39 is 6.10 Å². The van der Waals surface area contributed by atoms with E-state index in [1.165, 1.54) is 0 Å². The van der Waals surface area contributed by atoms with Crippen LogP contribution in [0.4, 0.5) is 0 Å². The van der Waals surface area contributed by atoms with Gasteiger partial charge >= 0.3 is 0 Å². The van der Waals surface area contributed by atoms with E-state index in [0.29, 0.717) is 17.9 Å². The molecule has 2 heterocycles. The first-order valence-electron chi connectivity index (χ1n) is 7.99. The maximum absolute atomic E-state index is 12.8. The van der Waals surface area contributed by atoms with E-state index in [2.05, 4.69) is 11.2 Å². The van der Waals surface area contributed by atoms with Gasteiger partial charge in [0, 0.05) is 12.6 Å². The van der Waals surface area contributed by atoms with Gasteiger partial charge in [0.25, 0.3) is 5.91 Å². The van der Waals surface area contributed by atoms with Gasteiger partial charge in [-0.25, -0.2) is 0 Å². The summed E-state index contributed by atoms with van der Waals surface area (Å²) in [6.07, 6.45) is 1.15. The van der Waals surface area contributed by atoms with Crippen LogP contribution < -0.4 is 4.74 Å². The van der Waals surface area contributed by atoms with Gasteiger partial charge < -0.3 is 14.2 Å². The van der Waals surface area contributed by atoms with Gasteiger partial charge in [-0.05, 0) is 44.9 Å². The van der Waals surface area contributed by atoms with Gasteiger partial charge in [0.1, 0.15) is 5.75 Å². The Hall–Kier alpha value is -2.81. The Balaban J connectivity index is 1.71. The molecule has 1 aliphatic rings. The number of aromatic nitrogens is 1. The number of hydrogen-bond acceptors (Lipinski definition) is 5. The number of nitriles is 1. The summed E-state index contributed by atoms with van der Waals surface area (Å²) in [6, 6.07) is 10.7. The van der Waals surface area contributed by atoms with Gasteiger partial charge in [-0.1, -0.05) is 11.2 Å². The van der Waals surface area contributed by atoms with Gasteiger partial charge in [-0.15, -0.1) is 0 Å². The van der Waals surface area contributed by atoms with Gasteiger partial charge in [0.05, 0.1) is 23.4 Å². The first kappa shape index (κ1) is 16.1. The van der Waals surface area contributed by atoms with Crippen molar-refractivity contribution in [2.24, 2.45) is 0 Å². The molecule has 1 fully saturated rings. The summed E-state index contributed by atoms with van der Waals surface area (Å²) < 4.78 is 11.1. The van der Waals surface area contributed by atoms with Crippen LogP contribution in [0.5, 0.6) is 5.75 Å². The second-order valence-electron chi connectivity index (χ2n) is 5.96. The molecule has 0 radical (unpaired) electrons. The Morgan fingerprint density at radius 1 is 1.50 bits per heavy atom.